The molecule has 0 amide bonds. The Balaban J connectivity index is 2.39. The van der Waals surface area contributed by atoms with Crippen molar-refractivity contribution >= 4 is 50.5 Å². The SMILES string of the molecule is CC[C@H](NS(=O)(=O)c1c(OC(=O)c2nc(CC(C)(C)OC)cs2)ccc(Cl)c1Cl)C(F)(F)F. The Labute approximate surface area is 203 Å². The van der Waals surface area contributed by atoms with Crippen molar-refractivity contribution in [3.63, 3.8) is 0 Å². The number of alkyl halides is 3. The lowest BCUT2D eigenvalue weighted by atomic mass is 10.0. The van der Waals surface area contributed by atoms with Gasteiger partial charge in [0.05, 0.1) is 21.3 Å². The van der Waals surface area contributed by atoms with Gasteiger partial charge >= 0.3 is 12.1 Å². The van der Waals surface area contributed by atoms with Crippen molar-refractivity contribution in [3.05, 3.63) is 38.3 Å². The van der Waals surface area contributed by atoms with Gasteiger partial charge < -0.3 is 9.47 Å². The van der Waals surface area contributed by atoms with Crippen molar-refractivity contribution in [2.24, 2.45) is 0 Å². The molecule has 0 unspecified atom stereocenters. The first kappa shape index (κ1) is 27.8. The minimum absolute atomic E-state index is 0.0963. The highest BCUT2D eigenvalue weighted by molar-refractivity contribution is 7.89. The molecule has 0 radical (unpaired) electrons. The molecule has 7 nitrogen and oxygen atoms in total. The monoisotopic (exact) mass is 548 g/mol. The summed E-state index contributed by atoms with van der Waals surface area (Å²) in [5, 5.41) is 0.671. The molecule has 1 aromatic heterocycles. The Morgan fingerprint density at radius 2 is 1.91 bits per heavy atom. The lowest BCUT2D eigenvalue weighted by Gasteiger charge is -2.21. The van der Waals surface area contributed by atoms with E-state index in [4.69, 9.17) is 32.7 Å². The molecule has 184 valence electrons. The third kappa shape index (κ3) is 7.03. The zero-order valence-electron chi connectivity index (χ0n) is 17.9. The Morgan fingerprint density at radius 3 is 2.45 bits per heavy atom. The van der Waals surface area contributed by atoms with Crippen LogP contribution < -0.4 is 9.46 Å². The second-order valence-electron chi connectivity index (χ2n) is 7.49. The number of carbonyl (C=O) groups excluding carboxylic acids is 1. The van der Waals surface area contributed by atoms with Crippen LogP contribution in [0.2, 0.25) is 10.0 Å². The summed E-state index contributed by atoms with van der Waals surface area (Å²) in [6.07, 6.45) is -5.04. The summed E-state index contributed by atoms with van der Waals surface area (Å²) < 4.78 is 77.0. The van der Waals surface area contributed by atoms with Crippen LogP contribution in [0.3, 0.4) is 0 Å². The highest BCUT2D eigenvalue weighted by Gasteiger charge is 2.42. The Kier molecular flexibility index (Phi) is 8.80. The van der Waals surface area contributed by atoms with E-state index in [1.165, 1.54) is 7.11 Å². The molecule has 14 heteroatoms. The molecule has 0 aliphatic carbocycles. The number of nitrogens with one attached hydrogen (secondary N) is 1. The van der Waals surface area contributed by atoms with Gasteiger partial charge in [-0.15, -0.1) is 11.3 Å². The first-order valence-corrected chi connectivity index (χ1v) is 12.5. The fourth-order valence-electron chi connectivity index (χ4n) is 2.61. The number of thiazole rings is 1. The number of aromatic nitrogens is 1. The van der Waals surface area contributed by atoms with Gasteiger partial charge in [0.1, 0.15) is 10.9 Å². The van der Waals surface area contributed by atoms with Gasteiger partial charge in [0.15, 0.2) is 5.75 Å². The molecule has 0 saturated carbocycles. The number of nitrogens with zero attached hydrogens (tertiary/aromatic N) is 1. The predicted molar refractivity (Wildman–Crippen MR) is 119 cm³/mol. The average molecular weight is 549 g/mol. The number of sulfonamides is 1. The van der Waals surface area contributed by atoms with E-state index in [1.54, 1.807) is 10.1 Å². The van der Waals surface area contributed by atoms with Crippen molar-refractivity contribution in [1.29, 1.82) is 0 Å². The Morgan fingerprint density at radius 1 is 1.27 bits per heavy atom. The maximum Gasteiger partial charge on any atom is 0.404 e. The Hall–Kier alpha value is -1.44. The number of carbonyl (C=O) groups is 1. The van der Waals surface area contributed by atoms with Crippen LogP contribution in [0.5, 0.6) is 5.75 Å². The van der Waals surface area contributed by atoms with Crippen molar-refractivity contribution in [2.45, 2.75) is 56.3 Å². The Bertz CT molecular complexity index is 1120. The van der Waals surface area contributed by atoms with E-state index in [-0.39, 0.29) is 10.0 Å². The molecule has 1 aromatic carbocycles. The number of halogens is 5. The number of methoxy groups -OCH3 is 1. The topological polar surface area (TPSA) is 94.6 Å². The molecule has 0 aliphatic heterocycles. The molecule has 2 rings (SSSR count). The summed E-state index contributed by atoms with van der Waals surface area (Å²) in [7, 11) is -3.35. The van der Waals surface area contributed by atoms with Crippen LogP contribution in [-0.4, -0.2) is 44.3 Å². The lowest BCUT2D eigenvalue weighted by Crippen LogP contribution is -2.45. The van der Waals surface area contributed by atoms with E-state index >= 15 is 0 Å². The van der Waals surface area contributed by atoms with Crippen LogP contribution in [-0.2, 0) is 21.2 Å². The van der Waals surface area contributed by atoms with Crippen molar-refractivity contribution in [3.8, 4) is 5.75 Å². The maximum atomic E-state index is 13.1. The number of rotatable bonds is 9. The standard InChI is InChI=1S/C19H21Cl2F3N2O5S2/c1-5-13(19(22,23)24)26-33(28,29)15-12(7-6-11(20)14(15)21)31-17(27)16-25-10(9-32-16)8-18(2,3)30-4/h6-7,9,13,26H,5,8H2,1-4H3/t13-/m0/s1. The minimum Gasteiger partial charge on any atom is -0.420 e. The van der Waals surface area contributed by atoms with Crippen LogP contribution >= 0.6 is 34.5 Å². The molecule has 0 spiro atoms. The largest absolute Gasteiger partial charge is 0.420 e. The molecule has 2 aromatic rings. The van der Waals surface area contributed by atoms with Crippen molar-refractivity contribution in [2.75, 3.05) is 7.11 Å². The number of ether oxygens (including phenoxy) is 2. The van der Waals surface area contributed by atoms with E-state index in [9.17, 15) is 26.4 Å². The van der Waals surface area contributed by atoms with Crippen LogP contribution in [0, 0.1) is 0 Å². The first-order chi connectivity index (χ1) is 15.1. The van der Waals surface area contributed by atoms with E-state index in [0.717, 1.165) is 30.4 Å². The zero-order chi connectivity index (χ0) is 25.2. The van der Waals surface area contributed by atoms with Crippen LogP contribution in [0.1, 0.15) is 42.7 Å². The number of hydrogen-bond acceptors (Lipinski definition) is 7. The fourth-order valence-corrected chi connectivity index (χ4v) is 5.49. The molecule has 0 saturated heterocycles. The second-order valence-corrected chi connectivity index (χ2v) is 10.8. The summed E-state index contributed by atoms with van der Waals surface area (Å²) in [5.41, 5.74) is -0.00130. The summed E-state index contributed by atoms with van der Waals surface area (Å²) in [5.74, 6) is -1.60. The summed E-state index contributed by atoms with van der Waals surface area (Å²) in [6.45, 7) is 4.81. The average Bonchev–Trinajstić information content (AvgIpc) is 3.16. The molecule has 33 heavy (non-hydrogen) atoms. The quantitative estimate of drug-likeness (QED) is 0.339. The van der Waals surface area contributed by atoms with Gasteiger partial charge in [-0.25, -0.2) is 18.2 Å². The van der Waals surface area contributed by atoms with Gasteiger partial charge in [0.2, 0.25) is 15.0 Å². The molecule has 1 heterocycles. The zero-order valence-corrected chi connectivity index (χ0v) is 21.1. The summed E-state index contributed by atoms with van der Waals surface area (Å²) in [6, 6.07) is -0.203. The molecule has 1 atom stereocenters. The van der Waals surface area contributed by atoms with Gasteiger partial charge in [-0.2, -0.15) is 17.9 Å². The smallest absolute Gasteiger partial charge is 0.404 e. The molecule has 0 fully saturated rings. The van der Waals surface area contributed by atoms with Crippen molar-refractivity contribution in [1.82, 2.24) is 9.71 Å². The molecule has 0 bridgehead atoms. The number of benzene rings is 1. The third-order valence-electron chi connectivity index (χ3n) is 4.47. The van der Waals surface area contributed by atoms with Gasteiger partial charge in [0.25, 0.3) is 0 Å². The van der Waals surface area contributed by atoms with Gasteiger partial charge in [-0.1, -0.05) is 30.1 Å². The molecular weight excluding hydrogens is 528 g/mol. The summed E-state index contributed by atoms with van der Waals surface area (Å²) in [4.78, 5) is 15.9. The van der Waals surface area contributed by atoms with Crippen LogP contribution in [0.25, 0.3) is 0 Å². The second kappa shape index (κ2) is 10.4. The predicted octanol–water partition coefficient (Wildman–Crippen LogP) is 5.26. The van der Waals surface area contributed by atoms with E-state index in [2.05, 4.69) is 4.98 Å². The molecular formula is C19H21Cl2F3N2O5S2. The van der Waals surface area contributed by atoms with Gasteiger partial charge in [-0.3, -0.25) is 0 Å². The fraction of sp³-hybridized carbons (Fsp3) is 0.474. The molecule has 1 N–H and O–H groups in total. The first-order valence-electron chi connectivity index (χ1n) is 9.40. The van der Waals surface area contributed by atoms with Gasteiger partial charge in [0, 0.05) is 18.9 Å². The highest BCUT2D eigenvalue weighted by Crippen LogP contribution is 2.38. The van der Waals surface area contributed by atoms with E-state index < -0.39 is 55.9 Å². The third-order valence-corrected chi connectivity index (χ3v) is 7.80. The maximum absolute atomic E-state index is 13.1. The van der Waals surface area contributed by atoms with Crippen LogP contribution in [0.15, 0.2) is 22.4 Å². The normalized spacial score (nSPS) is 13.7. The van der Waals surface area contributed by atoms with Crippen LogP contribution in [0.4, 0.5) is 13.2 Å². The number of esters is 1. The highest BCUT2D eigenvalue weighted by atomic mass is 35.5. The van der Waals surface area contributed by atoms with Gasteiger partial charge in [-0.05, 0) is 32.4 Å². The van der Waals surface area contributed by atoms with E-state index in [1.807, 2.05) is 13.8 Å². The summed E-state index contributed by atoms with van der Waals surface area (Å²) >= 11 is 12.8. The van der Waals surface area contributed by atoms with Crippen molar-refractivity contribution < 1.29 is 35.9 Å². The number of hydrogen-bond donors (Lipinski definition) is 1. The molecule has 0 aliphatic rings. The lowest BCUT2D eigenvalue weighted by molar-refractivity contribution is -0.151. The van der Waals surface area contributed by atoms with E-state index in [0.29, 0.717) is 12.1 Å². The minimum atomic E-state index is -4.89.